The molecule has 0 unspecified atom stereocenters. The van der Waals surface area contributed by atoms with Crippen LogP contribution in [0.15, 0.2) is 42.5 Å². The van der Waals surface area contributed by atoms with E-state index in [4.69, 9.17) is 16.6 Å². The Balaban J connectivity index is 1.50. The highest BCUT2D eigenvalue weighted by Crippen LogP contribution is 2.23. The van der Waals surface area contributed by atoms with Gasteiger partial charge in [-0.25, -0.2) is 4.98 Å². The van der Waals surface area contributed by atoms with Crippen LogP contribution in [0.3, 0.4) is 0 Å². The van der Waals surface area contributed by atoms with Gasteiger partial charge in [0, 0.05) is 55.9 Å². The molecule has 31 heavy (non-hydrogen) atoms. The number of carbonyl (C=O) groups is 2. The first-order chi connectivity index (χ1) is 14.9. The van der Waals surface area contributed by atoms with Crippen molar-refractivity contribution < 1.29 is 9.59 Å². The van der Waals surface area contributed by atoms with E-state index in [1.54, 1.807) is 31.2 Å². The Labute approximate surface area is 186 Å². The average Bonchev–Trinajstić information content (AvgIpc) is 3.10. The Bertz CT molecular complexity index is 1100. The van der Waals surface area contributed by atoms with Gasteiger partial charge in [0.2, 0.25) is 5.91 Å². The second-order valence-electron chi connectivity index (χ2n) is 7.72. The monoisotopic (exact) mass is 439 g/mol. The van der Waals surface area contributed by atoms with Crippen LogP contribution in [0.1, 0.15) is 30.0 Å². The molecule has 2 aromatic carbocycles. The number of aryl methyl sites for hydroxylation is 1. The van der Waals surface area contributed by atoms with E-state index in [-0.39, 0.29) is 11.8 Å². The average molecular weight is 440 g/mol. The minimum Gasteiger partial charge on any atom is -0.340 e. The number of benzene rings is 2. The van der Waals surface area contributed by atoms with E-state index in [0.717, 1.165) is 56.1 Å². The van der Waals surface area contributed by atoms with Crippen molar-refractivity contribution >= 4 is 40.1 Å². The molecule has 0 aliphatic carbocycles. The number of hydrogen-bond donors (Lipinski definition) is 1. The van der Waals surface area contributed by atoms with Crippen LogP contribution >= 0.6 is 11.6 Å². The van der Waals surface area contributed by atoms with Crippen molar-refractivity contribution in [3.8, 4) is 0 Å². The first kappa shape index (κ1) is 21.3. The number of anilines is 1. The topological polar surface area (TPSA) is 70.5 Å². The fraction of sp³-hybridized carbons (Fsp3) is 0.348. The maximum atomic E-state index is 12.5. The molecule has 1 saturated heterocycles. The van der Waals surface area contributed by atoms with Crippen LogP contribution < -0.4 is 5.32 Å². The zero-order valence-corrected chi connectivity index (χ0v) is 18.5. The summed E-state index contributed by atoms with van der Waals surface area (Å²) in [4.78, 5) is 33.1. The molecule has 0 bridgehead atoms. The molecule has 7 nitrogen and oxygen atoms in total. The van der Waals surface area contributed by atoms with Crippen molar-refractivity contribution in [1.29, 1.82) is 0 Å². The number of halogens is 1. The summed E-state index contributed by atoms with van der Waals surface area (Å²) in [5, 5.41) is 3.53. The predicted octanol–water partition coefficient (Wildman–Crippen LogP) is 3.63. The van der Waals surface area contributed by atoms with Crippen LogP contribution in [0, 0.1) is 0 Å². The smallest absolute Gasteiger partial charge is 0.255 e. The normalized spacial score (nSPS) is 14.7. The van der Waals surface area contributed by atoms with Crippen molar-refractivity contribution in [3.63, 3.8) is 0 Å². The molecule has 1 aliphatic heterocycles. The minimum atomic E-state index is -0.186. The second-order valence-corrected chi connectivity index (χ2v) is 8.16. The summed E-state index contributed by atoms with van der Waals surface area (Å²) in [6.45, 7) is 8.47. The summed E-state index contributed by atoms with van der Waals surface area (Å²) in [7, 11) is 0. The summed E-state index contributed by atoms with van der Waals surface area (Å²) < 4.78 is 2.21. The Morgan fingerprint density at radius 2 is 1.77 bits per heavy atom. The molecule has 8 heteroatoms. The lowest BCUT2D eigenvalue weighted by Crippen LogP contribution is -2.47. The number of aromatic nitrogens is 2. The molecule has 1 aromatic heterocycles. The molecule has 2 heterocycles. The first-order valence-corrected chi connectivity index (χ1v) is 10.9. The number of hydrogen-bond acceptors (Lipinski definition) is 4. The fourth-order valence-electron chi connectivity index (χ4n) is 3.96. The van der Waals surface area contributed by atoms with Crippen molar-refractivity contribution in [1.82, 2.24) is 19.4 Å². The van der Waals surface area contributed by atoms with Gasteiger partial charge < -0.3 is 14.8 Å². The fourth-order valence-corrected chi connectivity index (χ4v) is 4.08. The van der Waals surface area contributed by atoms with Gasteiger partial charge in [-0.2, -0.15) is 0 Å². The Morgan fingerprint density at radius 1 is 1.06 bits per heavy atom. The molecule has 162 valence electrons. The van der Waals surface area contributed by atoms with Crippen molar-refractivity contribution in [2.24, 2.45) is 0 Å². The van der Waals surface area contributed by atoms with E-state index < -0.39 is 0 Å². The molecule has 0 spiro atoms. The number of imidazole rings is 1. The minimum absolute atomic E-state index is 0.133. The summed E-state index contributed by atoms with van der Waals surface area (Å²) in [6, 6.07) is 12.6. The quantitative estimate of drug-likeness (QED) is 0.659. The number of amides is 2. The summed E-state index contributed by atoms with van der Waals surface area (Å²) in [5.41, 5.74) is 3.15. The number of rotatable bonds is 5. The molecule has 0 saturated carbocycles. The van der Waals surface area contributed by atoms with Crippen molar-refractivity contribution in [2.45, 2.75) is 26.9 Å². The maximum Gasteiger partial charge on any atom is 0.255 e. The van der Waals surface area contributed by atoms with Gasteiger partial charge in [-0.1, -0.05) is 11.6 Å². The van der Waals surface area contributed by atoms with E-state index in [2.05, 4.69) is 21.7 Å². The zero-order chi connectivity index (χ0) is 22.0. The highest BCUT2D eigenvalue weighted by atomic mass is 35.5. The van der Waals surface area contributed by atoms with E-state index in [1.165, 1.54) is 0 Å². The zero-order valence-electron chi connectivity index (χ0n) is 17.8. The molecule has 0 atom stereocenters. The lowest BCUT2D eigenvalue weighted by Gasteiger charge is -2.33. The molecule has 0 radical (unpaired) electrons. The number of nitrogens with one attached hydrogen (secondary N) is 1. The van der Waals surface area contributed by atoms with Gasteiger partial charge >= 0.3 is 0 Å². The highest BCUT2D eigenvalue weighted by molar-refractivity contribution is 6.30. The van der Waals surface area contributed by atoms with E-state index in [1.807, 2.05) is 23.1 Å². The molecule has 2 amide bonds. The third-order valence-corrected chi connectivity index (χ3v) is 5.94. The molecule has 1 aliphatic rings. The third-order valence-electron chi connectivity index (χ3n) is 5.69. The molecule has 3 aromatic rings. The van der Waals surface area contributed by atoms with Gasteiger partial charge in [0.25, 0.3) is 5.91 Å². The van der Waals surface area contributed by atoms with E-state index in [9.17, 15) is 9.59 Å². The molecular weight excluding hydrogens is 414 g/mol. The van der Waals surface area contributed by atoms with Gasteiger partial charge in [0.1, 0.15) is 5.82 Å². The molecular formula is C23H26ClN5O2. The van der Waals surface area contributed by atoms with Gasteiger partial charge in [0.05, 0.1) is 17.6 Å². The van der Waals surface area contributed by atoms with Crippen LogP contribution in [0.4, 0.5) is 5.69 Å². The number of piperazine rings is 1. The van der Waals surface area contributed by atoms with Gasteiger partial charge in [-0.05, 0) is 49.4 Å². The molecule has 4 rings (SSSR count). The Morgan fingerprint density at radius 3 is 2.42 bits per heavy atom. The van der Waals surface area contributed by atoms with Crippen LogP contribution in [0.2, 0.25) is 5.02 Å². The van der Waals surface area contributed by atoms with Crippen molar-refractivity contribution in [3.05, 3.63) is 58.9 Å². The van der Waals surface area contributed by atoms with Crippen LogP contribution in [0.25, 0.3) is 11.0 Å². The van der Waals surface area contributed by atoms with Gasteiger partial charge in [-0.3, -0.25) is 14.5 Å². The standard InChI is InChI=1S/C23H26ClN5O2/c1-3-29-21-9-8-19(25-23(31)17-4-6-18(24)7-5-17)14-20(21)26-22(29)15-27-10-12-28(13-11-27)16(2)30/h4-9,14H,3,10-13,15H2,1-2H3,(H,25,31). The number of nitrogens with zero attached hydrogens (tertiary/aromatic N) is 4. The Kier molecular flexibility index (Phi) is 6.25. The summed E-state index contributed by atoms with van der Waals surface area (Å²) in [5.74, 6) is 0.943. The van der Waals surface area contributed by atoms with E-state index >= 15 is 0 Å². The molecule has 1 fully saturated rings. The SMILES string of the molecule is CCn1c(CN2CCN(C(C)=O)CC2)nc2cc(NC(=O)c3ccc(Cl)cc3)ccc21. The van der Waals surface area contributed by atoms with Crippen LogP contribution in [0.5, 0.6) is 0 Å². The summed E-state index contributed by atoms with van der Waals surface area (Å²) >= 11 is 5.90. The first-order valence-electron chi connectivity index (χ1n) is 10.5. The predicted molar refractivity (Wildman–Crippen MR) is 122 cm³/mol. The second kappa shape index (κ2) is 9.08. The third kappa shape index (κ3) is 4.73. The number of carbonyl (C=O) groups excluding carboxylic acids is 2. The maximum absolute atomic E-state index is 12.5. The van der Waals surface area contributed by atoms with Gasteiger partial charge in [0.15, 0.2) is 0 Å². The highest BCUT2D eigenvalue weighted by Gasteiger charge is 2.21. The summed E-state index contributed by atoms with van der Waals surface area (Å²) in [6.07, 6.45) is 0. The lowest BCUT2D eigenvalue weighted by atomic mass is 10.2. The molecule has 1 N–H and O–H groups in total. The lowest BCUT2D eigenvalue weighted by molar-refractivity contribution is -0.130. The largest absolute Gasteiger partial charge is 0.340 e. The number of fused-ring (bicyclic) bond motifs is 1. The Hall–Kier alpha value is -2.90. The van der Waals surface area contributed by atoms with E-state index in [0.29, 0.717) is 16.3 Å². The van der Waals surface area contributed by atoms with Gasteiger partial charge in [-0.15, -0.1) is 0 Å². The van der Waals surface area contributed by atoms with Crippen molar-refractivity contribution in [2.75, 3.05) is 31.5 Å². The van der Waals surface area contributed by atoms with Crippen LogP contribution in [-0.2, 0) is 17.9 Å². The van der Waals surface area contributed by atoms with Crippen LogP contribution in [-0.4, -0.2) is 57.3 Å².